The Bertz CT molecular complexity index is 2240. The molecule has 0 spiro atoms. The number of aryl methyl sites for hydroxylation is 3. The Balaban J connectivity index is 0.947. The van der Waals surface area contributed by atoms with Crippen LogP contribution < -0.4 is 16.3 Å². The van der Waals surface area contributed by atoms with Gasteiger partial charge in [0.25, 0.3) is 0 Å². The molecule has 0 bridgehead atoms. The summed E-state index contributed by atoms with van der Waals surface area (Å²) >= 11 is 0. The van der Waals surface area contributed by atoms with E-state index in [1.807, 2.05) is 19.9 Å². The van der Waals surface area contributed by atoms with Gasteiger partial charge in [0.1, 0.15) is 22.5 Å². The third kappa shape index (κ3) is 5.40. The number of ether oxygens (including phenoxy) is 1. The van der Waals surface area contributed by atoms with Crippen LogP contribution in [0.2, 0.25) is 0 Å². The van der Waals surface area contributed by atoms with E-state index in [0.717, 1.165) is 21.9 Å². The molecule has 4 aliphatic rings. The van der Waals surface area contributed by atoms with Gasteiger partial charge in [-0.25, -0.2) is 14.0 Å². The van der Waals surface area contributed by atoms with Gasteiger partial charge in [0.15, 0.2) is 18.1 Å². The topological polar surface area (TPSA) is 185 Å². The number of nitrogens with one attached hydrogen (secondary N) is 2. The largest absolute Gasteiger partial charge is 0.461 e. The van der Waals surface area contributed by atoms with Crippen molar-refractivity contribution in [1.82, 2.24) is 10.6 Å². The van der Waals surface area contributed by atoms with Crippen molar-refractivity contribution in [2.75, 3.05) is 13.2 Å². The van der Waals surface area contributed by atoms with Crippen molar-refractivity contribution in [2.24, 2.45) is 28.6 Å². The number of Topliss-reactive ketones (excluding diaryl/α,β-unsaturated/α-hetero) is 1. The van der Waals surface area contributed by atoms with Crippen LogP contribution in [0.4, 0.5) is 9.18 Å². The third-order valence-electron chi connectivity index (χ3n) is 13.5. The minimum atomic E-state index is -2.10. The number of ketones is 2. The number of alkyl halides is 1. The number of allylic oxidation sites excluding steroid dienone is 4. The molecule has 3 aromatic rings. The second kappa shape index (κ2) is 13.0. The van der Waals surface area contributed by atoms with Crippen molar-refractivity contribution in [1.29, 1.82) is 0 Å². The maximum Gasteiger partial charge on any atom is 0.407 e. The van der Waals surface area contributed by atoms with Gasteiger partial charge in [-0.15, -0.1) is 0 Å². The summed E-state index contributed by atoms with van der Waals surface area (Å²) in [5, 5.41) is 30.5. The number of alkyl carbamates (subject to hydrolysis) is 1. The molecule has 0 aliphatic heterocycles. The minimum absolute atomic E-state index is 0.0890. The van der Waals surface area contributed by atoms with Crippen LogP contribution in [-0.4, -0.2) is 64.3 Å². The van der Waals surface area contributed by atoms with E-state index in [-0.39, 0.29) is 37.6 Å². The first-order valence-electron chi connectivity index (χ1n) is 18.6. The molecule has 2 aromatic heterocycles. The maximum absolute atomic E-state index is 17.4. The summed E-state index contributed by atoms with van der Waals surface area (Å²) in [7, 11) is 0. The van der Waals surface area contributed by atoms with E-state index in [9.17, 15) is 34.2 Å². The van der Waals surface area contributed by atoms with Gasteiger partial charge in [-0.05, 0) is 89.0 Å². The summed E-state index contributed by atoms with van der Waals surface area (Å²) in [5.74, 6) is -2.46. The van der Waals surface area contributed by atoms with Crippen molar-refractivity contribution < 1.29 is 47.4 Å². The molecule has 54 heavy (non-hydrogen) atoms. The molecular weight excluding hydrogens is 699 g/mol. The highest BCUT2D eigenvalue weighted by atomic mass is 19.1. The molecule has 13 heteroatoms. The molecule has 0 radical (unpaired) electrons. The van der Waals surface area contributed by atoms with Crippen LogP contribution in [0.15, 0.2) is 49.6 Å². The van der Waals surface area contributed by atoms with Gasteiger partial charge in [-0.1, -0.05) is 25.5 Å². The molecule has 3 fully saturated rings. The Morgan fingerprint density at radius 1 is 1.04 bits per heavy atom. The average molecular weight is 747 g/mol. The fraction of sp³-hybridized carbons (Fsp3) is 0.537. The maximum atomic E-state index is 17.4. The molecule has 1 aromatic carbocycles. The van der Waals surface area contributed by atoms with Crippen molar-refractivity contribution in [3.05, 3.63) is 68.8 Å². The number of furan rings is 1. The number of fused-ring (bicyclic) bond motifs is 7. The van der Waals surface area contributed by atoms with Crippen LogP contribution >= 0.6 is 0 Å². The van der Waals surface area contributed by atoms with Gasteiger partial charge in [0, 0.05) is 64.2 Å². The van der Waals surface area contributed by atoms with Crippen LogP contribution in [0.3, 0.4) is 0 Å². The highest BCUT2D eigenvalue weighted by Gasteiger charge is 2.75. The molecule has 8 atom stereocenters. The van der Waals surface area contributed by atoms with E-state index in [2.05, 4.69) is 10.6 Å². The predicted octanol–water partition coefficient (Wildman–Crippen LogP) is 5.11. The Morgan fingerprint density at radius 2 is 1.76 bits per heavy atom. The Hall–Kier alpha value is -4.62. The molecule has 5 unspecified atom stereocenters. The van der Waals surface area contributed by atoms with Crippen LogP contribution in [0.25, 0.3) is 21.9 Å². The smallest absolute Gasteiger partial charge is 0.407 e. The number of hydrogen-bond acceptors (Lipinski definition) is 10. The quantitative estimate of drug-likeness (QED) is 0.226. The SMILES string of the molecule is Cc1oc2c(C)c3oc(=O)cc(C)c3cc2c1CNC(=O)CCNC(=O)OCC(=O)[C@@]1(O)[C@H](C)CC2C3CCC4=CC(=O)C=CC4(C)[C@@]3(F)C(O)CC21C. The van der Waals surface area contributed by atoms with Crippen molar-refractivity contribution in [3.8, 4) is 0 Å². The molecule has 2 heterocycles. The number of benzene rings is 1. The Labute approximate surface area is 311 Å². The van der Waals surface area contributed by atoms with Gasteiger partial charge in [0.2, 0.25) is 11.7 Å². The zero-order chi connectivity index (χ0) is 39.1. The second-order valence-electron chi connectivity index (χ2n) is 16.3. The number of amides is 2. The highest BCUT2D eigenvalue weighted by Crippen LogP contribution is 2.70. The molecule has 3 saturated carbocycles. The summed E-state index contributed by atoms with van der Waals surface area (Å²) in [6, 6.07) is 3.30. The minimum Gasteiger partial charge on any atom is -0.461 e. The van der Waals surface area contributed by atoms with Crippen LogP contribution in [0.1, 0.15) is 75.3 Å². The van der Waals surface area contributed by atoms with Gasteiger partial charge >= 0.3 is 11.7 Å². The van der Waals surface area contributed by atoms with Gasteiger partial charge in [-0.2, -0.15) is 0 Å². The normalized spacial score (nSPS) is 32.8. The standard InChI is InChI=1S/C41H47FN2O10/c1-20-13-34(49)54-35-22(3)36-27(16-26(20)35)28(23(4)53-36)18-44-33(48)10-12-43-37(50)52-19-32(47)41(51)21(2)14-30-29-8-7-24-15-25(45)9-11-38(24,5)40(29,42)31(46)17-39(30,41)6/h9,11,13,15-16,21,29-31,46,51H,7-8,10,12,14,17-19H2,1-6H3,(H,43,50)(H,44,48)/t21-,29?,30?,31?,38?,39?,40+,41+/m1/s1. The molecule has 4 N–H and O–H groups in total. The van der Waals surface area contributed by atoms with Crippen LogP contribution in [0.5, 0.6) is 0 Å². The number of rotatable bonds is 8. The monoisotopic (exact) mass is 746 g/mol. The van der Waals surface area contributed by atoms with Gasteiger partial charge in [-0.3, -0.25) is 14.4 Å². The van der Waals surface area contributed by atoms with Gasteiger partial charge < -0.3 is 34.4 Å². The third-order valence-corrected chi connectivity index (χ3v) is 13.5. The first-order chi connectivity index (χ1) is 25.4. The van der Waals surface area contributed by atoms with E-state index in [0.29, 0.717) is 47.3 Å². The second-order valence-corrected chi connectivity index (χ2v) is 16.3. The lowest BCUT2D eigenvalue weighted by Crippen LogP contribution is -2.69. The Morgan fingerprint density at radius 3 is 2.50 bits per heavy atom. The summed E-state index contributed by atoms with van der Waals surface area (Å²) in [5.41, 5.74) is -3.10. The van der Waals surface area contributed by atoms with Crippen molar-refractivity contribution in [2.45, 2.75) is 97.6 Å². The molecule has 0 saturated heterocycles. The highest BCUT2D eigenvalue weighted by molar-refractivity contribution is 6.01. The number of aliphatic hydroxyl groups is 2. The first-order valence-corrected chi connectivity index (χ1v) is 18.6. The van der Waals surface area contributed by atoms with Crippen LogP contribution in [-0.2, 0) is 25.7 Å². The lowest BCUT2D eigenvalue weighted by molar-refractivity contribution is -0.219. The first kappa shape index (κ1) is 37.7. The molecule has 4 aliphatic carbocycles. The van der Waals surface area contributed by atoms with E-state index >= 15 is 4.39 Å². The molecule has 12 nitrogen and oxygen atoms in total. The number of halogens is 1. The molecule has 2 amide bonds. The summed E-state index contributed by atoms with van der Waals surface area (Å²) in [6.45, 7) is 9.87. The molecule has 288 valence electrons. The van der Waals surface area contributed by atoms with E-state index in [4.69, 9.17) is 13.6 Å². The summed E-state index contributed by atoms with van der Waals surface area (Å²) < 4.78 is 34.1. The summed E-state index contributed by atoms with van der Waals surface area (Å²) in [4.78, 5) is 63.2. The van der Waals surface area contributed by atoms with E-state index in [1.165, 1.54) is 18.2 Å². The van der Waals surface area contributed by atoms with Crippen molar-refractivity contribution >= 4 is 45.5 Å². The number of carbonyl (C=O) groups is 4. The van der Waals surface area contributed by atoms with E-state index in [1.54, 1.807) is 33.8 Å². The zero-order valence-electron chi connectivity index (χ0n) is 31.4. The van der Waals surface area contributed by atoms with E-state index < -0.39 is 70.1 Å². The predicted molar refractivity (Wildman–Crippen MR) is 195 cm³/mol. The average Bonchev–Trinajstić information content (AvgIpc) is 3.53. The number of aliphatic hydroxyl groups excluding tert-OH is 1. The number of carbonyl (C=O) groups excluding carboxylic acids is 4. The lowest BCUT2D eigenvalue weighted by atomic mass is 9.44. The summed E-state index contributed by atoms with van der Waals surface area (Å²) in [6.07, 6.45) is 2.77. The fourth-order valence-electron chi connectivity index (χ4n) is 10.6. The fourth-order valence-corrected chi connectivity index (χ4v) is 10.6. The van der Waals surface area contributed by atoms with Crippen LogP contribution in [0, 0.1) is 49.4 Å². The number of hydrogen-bond donors (Lipinski definition) is 4. The van der Waals surface area contributed by atoms with Crippen molar-refractivity contribution in [3.63, 3.8) is 0 Å². The molecule has 7 rings (SSSR count). The zero-order valence-corrected chi connectivity index (χ0v) is 31.4. The Kier molecular flexibility index (Phi) is 9.08. The molecular formula is C41H47FN2O10. The lowest BCUT2D eigenvalue weighted by Gasteiger charge is -2.62. The van der Waals surface area contributed by atoms with Gasteiger partial charge in [0.05, 0.1) is 6.10 Å².